The molecule has 4 aromatic rings. The summed E-state index contributed by atoms with van der Waals surface area (Å²) in [6.07, 6.45) is 3.44. The summed E-state index contributed by atoms with van der Waals surface area (Å²) in [7, 11) is 0. The van der Waals surface area contributed by atoms with Crippen molar-refractivity contribution >= 4 is 22.6 Å². The lowest BCUT2D eigenvalue weighted by molar-refractivity contribution is -0.116. The molecule has 0 fully saturated rings. The van der Waals surface area contributed by atoms with E-state index in [2.05, 4.69) is 51.7 Å². The summed E-state index contributed by atoms with van der Waals surface area (Å²) in [6, 6.07) is 10.4. The highest BCUT2D eigenvalue weighted by molar-refractivity contribution is 5.96. The Kier molecular flexibility index (Phi) is 4.88. The lowest BCUT2D eigenvalue weighted by atomic mass is 10.0. The van der Waals surface area contributed by atoms with Crippen molar-refractivity contribution < 1.29 is 4.79 Å². The van der Waals surface area contributed by atoms with Crippen molar-refractivity contribution in [3.8, 4) is 11.1 Å². The molecule has 0 aliphatic rings. The first-order valence-electron chi connectivity index (χ1n) is 9.69. The van der Waals surface area contributed by atoms with E-state index >= 15 is 0 Å². The van der Waals surface area contributed by atoms with Crippen molar-refractivity contribution in [2.24, 2.45) is 0 Å². The van der Waals surface area contributed by atoms with Crippen molar-refractivity contribution in [3.05, 3.63) is 59.7 Å². The topological polar surface area (TPSA) is 77.6 Å². The highest BCUT2D eigenvalue weighted by atomic mass is 16.2. The van der Waals surface area contributed by atoms with Crippen LogP contribution in [0.4, 0.5) is 5.69 Å². The molecule has 4 rings (SSSR count). The van der Waals surface area contributed by atoms with Gasteiger partial charge in [0.2, 0.25) is 5.91 Å². The van der Waals surface area contributed by atoms with Crippen LogP contribution in [-0.4, -0.2) is 30.5 Å². The van der Waals surface area contributed by atoms with Gasteiger partial charge in [-0.15, -0.1) is 0 Å². The van der Waals surface area contributed by atoms with Gasteiger partial charge in [0.15, 0.2) is 5.65 Å². The maximum absolute atomic E-state index is 12.6. The zero-order chi connectivity index (χ0) is 20.5. The number of anilines is 1. The van der Waals surface area contributed by atoms with Crippen molar-refractivity contribution in [1.29, 1.82) is 0 Å². The van der Waals surface area contributed by atoms with Gasteiger partial charge in [0.05, 0.1) is 23.3 Å². The van der Waals surface area contributed by atoms with E-state index in [1.54, 1.807) is 17.1 Å². The number of hydrogen-bond donors (Lipinski definition) is 1. The van der Waals surface area contributed by atoms with Gasteiger partial charge >= 0.3 is 0 Å². The molecule has 0 radical (unpaired) electrons. The summed E-state index contributed by atoms with van der Waals surface area (Å²) < 4.78 is 3.51. The molecule has 0 bridgehead atoms. The van der Waals surface area contributed by atoms with Crippen LogP contribution < -0.4 is 5.32 Å². The van der Waals surface area contributed by atoms with Gasteiger partial charge in [-0.25, -0.2) is 9.67 Å². The average Bonchev–Trinajstić information content (AvgIpc) is 3.22. The molecule has 148 valence electrons. The van der Waals surface area contributed by atoms with E-state index in [0.717, 1.165) is 40.1 Å². The SMILES string of the molecule is CCn1ncc(NC(=O)Cn2nc(C)c3c(-c4ccc(C)cc4)ccnc32)c1C. The minimum absolute atomic E-state index is 0.0887. The number of rotatable bonds is 5. The number of aromatic nitrogens is 5. The van der Waals surface area contributed by atoms with Gasteiger partial charge in [-0.3, -0.25) is 9.48 Å². The first kappa shape index (κ1) is 18.9. The number of nitrogens with one attached hydrogen (secondary N) is 1. The Morgan fingerprint density at radius 3 is 2.52 bits per heavy atom. The second kappa shape index (κ2) is 7.50. The minimum Gasteiger partial charge on any atom is -0.322 e. The quantitative estimate of drug-likeness (QED) is 0.563. The molecule has 0 atom stereocenters. The fourth-order valence-electron chi connectivity index (χ4n) is 3.58. The number of fused-ring (bicyclic) bond motifs is 1. The maximum Gasteiger partial charge on any atom is 0.246 e. The minimum atomic E-state index is -0.157. The molecule has 0 aliphatic carbocycles. The van der Waals surface area contributed by atoms with Crippen LogP contribution in [0.15, 0.2) is 42.7 Å². The molecule has 7 heteroatoms. The lowest BCUT2D eigenvalue weighted by Crippen LogP contribution is -2.20. The monoisotopic (exact) mass is 388 g/mol. The van der Waals surface area contributed by atoms with E-state index < -0.39 is 0 Å². The Balaban J connectivity index is 1.65. The Bertz CT molecular complexity index is 1190. The molecule has 3 aromatic heterocycles. The van der Waals surface area contributed by atoms with Crippen LogP contribution in [0.25, 0.3) is 22.2 Å². The molecular weight excluding hydrogens is 364 g/mol. The molecule has 0 aliphatic heterocycles. The highest BCUT2D eigenvalue weighted by Crippen LogP contribution is 2.30. The van der Waals surface area contributed by atoms with Gasteiger partial charge in [-0.1, -0.05) is 29.8 Å². The second-order valence-electron chi connectivity index (χ2n) is 7.17. The summed E-state index contributed by atoms with van der Waals surface area (Å²) in [6.45, 7) is 8.82. The zero-order valence-electron chi connectivity index (χ0n) is 17.1. The third-order valence-electron chi connectivity index (χ3n) is 5.14. The van der Waals surface area contributed by atoms with Crippen LogP contribution in [0.2, 0.25) is 0 Å². The van der Waals surface area contributed by atoms with Crippen LogP contribution in [0.5, 0.6) is 0 Å². The Labute approximate surface area is 169 Å². The standard InChI is InChI=1S/C22H24N6O/c1-5-27-16(4)19(12-24-27)25-20(29)13-28-22-21(15(3)26-28)18(10-11-23-22)17-8-6-14(2)7-9-17/h6-12H,5,13H2,1-4H3,(H,25,29). The van der Waals surface area contributed by atoms with Crippen molar-refractivity contribution in [3.63, 3.8) is 0 Å². The number of pyridine rings is 1. The van der Waals surface area contributed by atoms with E-state index in [0.29, 0.717) is 5.65 Å². The number of amides is 1. The fraction of sp³-hybridized carbons (Fsp3) is 0.273. The molecule has 1 amide bonds. The third kappa shape index (κ3) is 3.51. The third-order valence-corrected chi connectivity index (χ3v) is 5.14. The van der Waals surface area contributed by atoms with Crippen LogP contribution in [0, 0.1) is 20.8 Å². The van der Waals surface area contributed by atoms with Crippen molar-refractivity contribution in [2.45, 2.75) is 40.8 Å². The van der Waals surface area contributed by atoms with E-state index in [1.165, 1.54) is 5.56 Å². The fourth-order valence-corrected chi connectivity index (χ4v) is 3.58. The highest BCUT2D eigenvalue weighted by Gasteiger charge is 2.17. The largest absolute Gasteiger partial charge is 0.322 e. The van der Waals surface area contributed by atoms with E-state index in [1.807, 2.05) is 31.5 Å². The first-order chi connectivity index (χ1) is 14.0. The van der Waals surface area contributed by atoms with E-state index in [-0.39, 0.29) is 12.5 Å². The van der Waals surface area contributed by atoms with Gasteiger partial charge in [0, 0.05) is 18.1 Å². The lowest BCUT2D eigenvalue weighted by Gasteiger charge is -2.07. The second-order valence-corrected chi connectivity index (χ2v) is 7.17. The summed E-state index contributed by atoms with van der Waals surface area (Å²) in [5.74, 6) is -0.157. The molecule has 0 saturated heterocycles. The maximum atomic E-state index is 12.6. The predicted octanol–water partition coefficient (Wildman–Crippen LogP) is 3.88. The molecule has 0 saturated carbocycles. The number of carbonyl (C=O) groups is 1. The average molecular weight is 388 g/mol. The Morgan fingerprint density at radius 2 is 1.83 bits per heavy atom. The Hall–Kier alpha value is -3.48. The number of aryl methyl sites for hydroxylation is 3. The molecular formula is C22H24N6O. The summed E-state index contributed by atoms with van der Waals surface area (Å²) in [4.78, 5) is 17.1. The van der Waals surface area contributed by atoms with E-state index in [9.17, 15) is 4.79 Å². The van der Waals surface area contributed by atoms with Gasteiger partial charge in [0.1, 0.15) is 6.54 Å². The molecule has 7 nitrogen and oxygen atoms in total. The summed E-state index contributed by atoms with van der Waals surface area (Å²) in [5.41, 5.74) is 6.60. The van der Waals surface area contributed by atoms with Gasteiger partial charge < -0.3 is 5.32 Å². The normalized spacial score (nSPS) is 11.2. The molecule has 3 heterocycles. The van der Waals surface area contributed by atoms with Crippen LogP contribution >= 0.6 is 0 Å². The van der Waals surface area contributed by atoms with Crippen LogP contribution in [0.3, 0.4) is 0 Å². The molecule has 29 heavy (non-hydrogen) atoms. The summed E-state index contributed by atoms with van der Waals surface area (Å²) >= 11 is 0. The zero-order valence-corrected chi connectivity index (χ0v) is 17.1. The molecule has 1 N–H and O–H groups in total. The molecule has 1 aromatic carbocycles. The van der Waals surface area contributed by atoms with Gasteiger partial charge in [-0.2, -0.15) is 10.2 Å². The smallest absolute Gasteiger partial charge is 0.246 e. The van der Waals surface area contributed by atoms with Crippen LogP contribution in [0.1, 0.15) is 23.9 Å². The van der Waals surface area contributed by atoms with Gasteiger partial charge in [-0.05, 0) is 44.9 Å². The summed E-state index contributed by atoms with van der Waals surface area (Å²) in [5, 5.41) is 12.8. The number of carbonyl (C=O) groups excluding carboxylic acids is 1. The Morgan fingerprint density at radius 1 is 1.07 bits per heavy atom. The number of hydrogen-bond acceptors (Lipinski definition) is 4. The first-order valence-corrected chi connectivity index (χ1v) is 9.69. The predicted molar refractivity (Wildman–Crippen MR) is 114 cm³/mol. The van der Waals surface area contributed by atoms with Crippen molar-refractivity contribution in [2.75, 3.05) is 5.32 Å². The number of benzene rings is 1. The van der Waals surface area contributed by atoms with Gasteiger partial charge in [0.25, 0.3) is 0 Å². The molecule has 0 spiro atoms. The number of nitrogens with zero attached hydrogens (tertiary/aromatic N) is 5. The molecule has 0 unspecified atom stereocenters. The van der Waals surface area contributed by atoms with E-state index in [4.69, 9.17) is 0 Å². The van der Waals surface area contributed by atoms with Crippen LogP contribution in [-0.2, 0) is 17.9 Å². The van der Waals surface area contributed by atoms with Crippen molar-refractivity contribution in [1.82, 2.24) is 24.5 Å².